The van der Waals surface area contributed by atoms with Crippen molar-refractivity contribution in [1.82, 2.24) is 10.2 Å². The SMILES string of the molecule is CCC(CC)CNCCCN1CCCCC1. The van der Waals surface area contributed by atoms with Gasteiger partial charge in [0.05, 0.1) is 0 Å². The zero-order valence-corrected chi connectivity index (χ0v) is 11.3. The summed E-state index contributed by atoms with van der Waals surface area (Å²) in [5.74, 6) is 0.884. The van der Waals surface area contributed by atoms with E-state index in [2.05, 4.69) is 24.1 Å². The Morgan fingerprint density at radius 3 is 2.38 bits per heavy atom. The highest BCUT2D eigenvalue weighted by atomic mass is 15.1. The quantitative estimate of drug-likeness (QED) is 0.640. The Hall–Kier alpha value is -0.0800. The Kier molecular flexibility index (Phi) is 7.87. The van der Waals surface area contributed by atoms with Crippen LogP contribution in [0.1, 0.15) is 52.4 Å². The van der Waals surface area contributed by atoms with Crippen LogP contribution in [0.4, 0.5) is 0 Å². The summed E-state index contributed by atoms with van der Waals surface area (Å²) >= 11 is 0. The zero-order chi connectivity index (χ0) is 11.6. The molecule has 0 radical (unpaired) electrons. The van der Waals surface area contributed by atoms with E-state index in [4.69, 9.17) is 0 Å². The van der Waals surface area contributed by atoms with Crippen molar-refractivity contribution in [3.05, 3.63) is 0 Å². The summed E-state index contributed by atoms with van der Waals surface area (Å²) in [5.41, 5.74) is 0. The molecule has 96 valence electrons. The molecule has 0 spiro atoms. The molecule has 0 aromatic heterocycles. The first-order chi connectivity index (χ1) is 7.86. The van der Waals surface area contributed by atoms with Crippen molar-refractivity contribution in [3.63, 3.8) is 0 Å². The molecule has 0 saturated carbocycles. The second-order valence-electron chi connectivity index (χ2n) is 5.14. The third kappa shape index (κ3) is 5.86. The maximum Gasteiger partial charge on any atom is -0.000664 e. The number of piperidine rings is 1. The van der Waals surface area contributed by atoms with Gasteiger partial charge < -0.3 is 10.2 Å². The van der Waals surface area contributed by atoms with E-state index in [0.29, 0.717) is 0 Å². The molecule has 1 heterocycles. The maximum absolute atomic E-state index is 3.60. The summed E-state index contributed by atoms with van der Waals surface area (Å²) in [4.78, 5) is 2.63. The smallest absolute Gasteiger partial charge is 0.000664 e. The highest BCUT2D eigenvalue weighted by Crippen LogP contribution is 2.08. The fourth-order valence-electron chi connectivity index (χ4n) is 2.49. The van der Waals surface area contributed by atoms with Gasteiger partial charge >= 0.3 is 0 Å². The van der Waals surface area contributed by atoms with Crippen LogP contribution in [0.5, 0.6) is 0 Å². The second kappa shape index (κ2) is 9.00. The summed E-state index contributed by atoms with van der Waals surface area (Å²) in [6.45, 7) is 11.0. The minimum absolute atomic E-state index is 0.884. The molecule has 0 amide bonds. The van der Waals surface area contributed by atoms with Crippen molar-refractivity contribution in [2.45, 2.75) is 52.4 Å². The van der Waals surface area contributed by atoms with Crippen molar-refractivity contribution in [2.24, 2.45) is 5.92 Å². The lowest BCUT2D eigenvalue weighted by Gasteiger charge is -2.26. The minimum Gasteiger partial charge on any atom is -0.316 e. The lowest BCUT2D eigenvalue weighted by atomic mass is 10.0. The third-order valence-electron chi connectivity index (χ3n) is 3.86. The fraction of sp³-hybridized carbons (Fsp3) is 1.00. The highest BCUT2D eigenvalue weighted by Gasteiger charge is 2.08. The molecule has 1 fully saturated rings. The molecule has 2 nitrogen and oxygen atoms in total. The molecular weight excluding hydrogens is 196 g/mol. The van der Waals surface area contributed by atoms with E-state index >= 15 is 0 Å². The highest BCUT2D eigenvalue weighted by molar-refractivity contribution is 4.65. The van der Waals surface area contributed by atoms with Crippen LogP contribution < -0.4 is 5.32 Å². The van der Waals surface area contributed by atoms with Crippen molar-refractivity contribution in [3.8, 4) is 0 Å². The first-order valence-corrected chi connectivity index (χ1v) is 7.29. The standard InChI is InChI=1S/C14H30N2/c1-3-14(4-2)13-15-9-8-12-16-10-6-5-7-11-16/h14-15H,3-13H2,1-2H3. The van der Waals surface area contributed by atoms with E-state index in [1.807, 2.05) is 0 Å². The Labute approximate surface area is 102 Å². The van der Waals surface area contributed by atoms with Gasteiger partial charge in [0.2, 0.25) is 0 Å². The van der Waals surface area contributed by atoms with Gasteiger partial charge in [0.25, 0.3) is 0 Å². The van der Waals surface area contributed by atoms with E-state index < -0.39 is 0 Å². The van der Waals surface area contributed by atoms with Crippen molar-refractivity contribution < 1.29 is 0 Å². The van der Waals surface area contributed by atoms with Gasteiger partial charge in [-0.2, -0.15) is 0 Å². The van der Waals surface area contributed by atoms with Gasteiger partial charge in [-0.1, -0.05) is 33.1 Å². The zero-order valence-electron chi connectivity index (χ0n) is 11.3. The molecule has 1 saturated heterocycles. The Morgan fingerprint density at radius 2 is 1.75 bits per heavy atom. The van der Waals surface area contributed by atoms with Gasteiger partial charge in [0.1, 0.15) is 0 Å². The van der Waals surface area contributed by atoms with E-state index in [-0.39, 0.29) is 0 Å². The summed E-state index contributed by atoms with van der Waals surface area (Å²) in [7, 11) is 0. The van der Waals surface area contributed by atoms with Crippen LogP contribution in [0, 0.1) is 5.92 Å². The van der Waals surface area contributed by atoms with E-state index in [1.165, 1.54) is 71.2 Å². The Morgan fingerprint density at radius 1 is 1.06 bits per heavy atom. The van der Waals surface area contributed by atoms with Crippen LogP contribution in [0.15, 0.2) is 0 Å². The largest absolute Gasteiger partial charge is 0.316 e. The van der Waals surface area contributed by atoms with Gasteiger partial charge in [-0.3, -0.25) is 0 Å². The molecule has 0 aromatic carbocycles. The topological polar surface area (TPSA) is 15.3 Å². The molecule has 0 atom stereocenters. The summed E-state index contributed by atoms with van der Waals surface area (Å²) < 4.78 is 0. The Bertz CT molecular complexity index is 149. The average Bonchev–Trinajstić information content (AvgIpc) is 2.35. The monoisotopic (exact) mass is 226 g/mol. The molecule has 1 N–H and O–H groups in total. The normalized spacial score (nSPS) is 18.2. The number of hydrogen-bond acceptors (Lipinski definition) is 2. The van der Waals surface area contributed by atoms with E-state index in [1.54, 1.807) is 0 Å². The molecule has 0 unspecified atom stereocenters. The number of nitrogens with one attached hydrogen (secondary N) is 1. The molecule has 2 heteroatoms. The van der Waals surface area contributed by atoms with Crippen LogP contribution in [0.2, 0.25) is 0 Å². The van der Waals surface area contributed by atoms with Crippen LogP contribution in [-0.2, 0) is 0 Å². The van der Waals surface area contributed by atoms with Gasteiger partial charge in [-0.15, -0.1) is 0 Å². The second-order valence-corrected chi connectivity index (χ2v) is 5.14. The van der Waals surface area contributed by atoms with Crippen molar-refractivity contribution >= 4 is 0 Å². The van der Waals surface area contributed by atoms with Crippen molar-refractivity contribution in [1.29, 1.82) is 0 Å². The van der Waals surface area contributed by atoms with Crippen molar-refractivity contribution in [2.75, 3.05) is 32.7 Å². The number of hydrogen-bond donors (Lipinski definition) is 1. The van der Waals surface area contributed by atoms with E-state index in [9.17, 15) is 0 Å². The number of rotatable bonds is 8. The molecule has 0 aromatic rings. The first kappa shape index (κ1) is 14.0. The van der Waals surface area contributed by atoms with Crippen LogP contribution >= 0.6 is 0 Å². The molecule has 1 aliphatic rings. The molecule has 0 bridgehead atoms. The lowest BCUT2D eigenvalue weighted by Crippen LogP contribution is -2.33. The van der Waals surface area contributed by atoms with Gasteiger partial charge in [-0.25, -0.2) is 0 Å². The predicted molar refractivity (Wildman–Crippen MR) is 71.8 cm³/mol. The van der Waals surface area contributed by atoms with Crippen LogP contribution in [-0.4, -0.2) is 37.6 Å². The van der Waals surface area contributed by atoms with Gasteiger partial charge in [0, 0.05) is 0 Å². The summed E-state index contributed by atoms with van der Waals surface area (Å²) in [6.07, 6.45) is 8.23. The number of likely N-dealkylation sites (tertiary alicyclic amines) is 1. The molecular formula is C14H30N2. The summed E-state index contributed by atoms with van der Waals surface area (Å²) in [6, 6.07) is 0. The Balaban J connectivity index is 1.90. The fourth-order valence-corrected chi connectivity index (χ4v) is 2.49. The van der Waals surface area contributed by atoms with Crippen LogP contribution in [0.25, 0.3) is 0 Å². The van der Waals surface area contributed by atoms with Gasteiger partial charge in [-0.05, 0) is 57.9 Å². The molecule has 16 heavy (non-hydrogen) atoms. The first-order valence-electron chi connectivity index (χ1n) is 7.29. The third-order valence-corrected chi connectivity index (χ3v) is 3.86. The van der Waals surface area contributed by atoms with Crippen LogP contribution in [0.3, 0.4) is 0 Å². The van der Waals surface area contributed by atoms with Gasteiger partial charge in [0.15, 0.2) is 0 Å². The summed E-state index contributed by atoms with van der Waals surface area (Å²) in [5, 5.41) is 3.60. The average molecular weight is 226 g/mol. The molecule has 1 rings (SSSR count). The maximum atomic E-state index is 3.60. The predicted octanol–water partition coefficient (Wildman–Crippen LogP) is 2.89. The minimum atomic E-state index is 0.884. The lowest BCUT2D eigenvalue weighted by molar-refractivity contribution is 0.225. The molecule has 0 aliphatic carbocycles. The molecule has 1 aliphatic heterocycles. The van der Waals surface area contributed by atoms with E-state index in [0.717, 1.165) is 5.92 Å². The number of nitrogens with zero attached hydrogens (tertiary/aromatic N) is 1.